The van der Waals surface area contributed by atoms with E-state index in [0.29, 0.717) is 17.4 Å². The van der Waals surface area contributed by atoms with Crippen molar-refractivity contribution in [2.24, 2.45) is 0 Å². The van der Waals surface area contributed by atoms with Gasteiger partial charge in [0.05, 0.1) is 18.2 Å². The van der Waals surface area contributed by atoms with E-state index in [1.54, 1.807) is 6.92 Å². The number of halogens is 2. The van der Waals surface area contributed by atoms with Crippen LogP contribution in [-0.2, 0) is 4.79 Å². The molecule has 1 aromatic heterocycles. The molecule has 2 N–H and O–H groups in total. The predicted molar refractivity (Wildman–Crippen MR) is 91.5 cm³/mol. The average molecular weight is 358 g/mol. The molecule has 134 valence electrons. The van der Waals surface area contributed by atoms with E-state index in [2.05, 4.69) is 10.6 Å². The van der Waals surface area contributed by atoms with Crippen molar-refractivity contribution in [3.05, 3.63) is 71.5 Å². The highest BCUT2D eigenvalue weighted by atomic mass is 19.1. The van der Waals surface area contributed by atoms with Gasteiger partial charge in [0.2, 0.25) is 5.91 Å². The number of hydrogen-bond donors (Lipinski definition) is 2. The molecule has 0 aliphatic heterocycles. The van der Waals surface area contributed by atoms with Gasteiger partial charge < -0.3 is 15.1 Å². The van der Waals surface area contributed by atoms with Crippen molar-refractivity contribution in [1.29, 1.82) is 0 Å². The van der Waals surface area contributed by atoms with Crippen molar-refractivity contribution in [3.63, 3.8) is 0 Å². The number of fused-ring (bicyclic) bond motifs is 1. The first kappa shape index (κ1) is 17.6. The molecule has 3 rings (SSSR count). The molecule has 26 heavy (non-hydrogen) atoms. The average Bonchev–Trinajstić information content (AvgIpc) is 3.04. The molecule has 0 aliphatic rings. The number of carbonyl (C=O) groups excluding carboxylic acids is 2. The maximum Gasteiger partial charge on any atom is 0.254 e. The zero-order valence-corrected chi connectivity index (χ0v) is 13.9. The molecule has 1 unspecified atom stereocenters. The van der Waals surface area contributed by atoms with Crippen LogP contribution in [0.1, 0.15) is 29.1 Å². The Kier molecular flexibility index (Phi) is 4.97. The third-order valence-corrected chi connectivity index (χ3v) is 3.83. The van der Waals surface area contributed by atoms with Crippen LogP contribution in [0.2, 0.25) is 0 Å². The monoisotopic (exact) mass is 358 g/mol. The van der Waals surface area contributed by atoms with Gasteiger partial charge in [0.25, 0.3) is 5.91 Å². The zero-order valence-electron chi connectivity index (χ0n) is 13.9. The van der Waals surface area contributed by atoms with Crippen molar-refractivity contribution < 1.29 is 22.8 Å². The lowest BCUT2D eigenvalue weighted by Gasteiger charge is -2.12. The molecule has 3 aromatic rings. The molecule has 5 nitrogen and oxygen atoms in total. The molecule has 0 saturated heterocycles. The fourth-order valence-corrected chi connectivity index (χ4v) is 2.51. The molecule has 1 heterocycles. The van der Waals surface area contributed by atoms with Crippen LogP contribution < -0.4 is 10.6 Å². The first-order valence-corrected chi connectivity index (χ1v) is 7.95. The quantitative estimate of drug-likeness (QED) is 0.735. The summed E-state index contributed by atoms with van der Waals surface area (Å²) in [6.07, 6.45) is 0. The van der Waals surface area contributed by atoms with Crippen LogP contribution in [0.25, 0.3) is 11.0 Å². The Morgan fingerprint density at radius 3 is 2.62 bits per heavy atom. The minimum atomic E-state index is -0.987. The van der Waals surface area contributed by atoms with Crippen LogP contribution in [0.5, 0.6) is 0 Å². The Bertz CT molecular complexity index is 935. The number of rotatable bonds is 5. The highest BCUT2D eigenvalue weighted by molar-refractivity contribution is 5.96. The standard InChI is InChI=1S/C19H16F2N2O3/c1-11(17-8-12-4-2-3-5-16(12)26-17)23-18(24)10-22-19(25)14-7-6-13(20)9-15(14)21/h2-9,11H,10H2,1H3,(H,22,25)(H,23,24). The van der Waals surface area contributed by atoms with Gasteiger partial charge in [-0.3, -0.25) is 9.59 Å². The first-order valence-electron chi connectivity index (χ1n) is 7.95. The number of furan rings is 1. The van der Waals surface area contributed by atoms with E-state index in [1.165, 1.54) is 0 Å². The molecule has 2 amide bonds. The molecular weight excluding hydrogens is 342 g/mol. The summed E-state index contributed by atoms with van der Waals surface area (Å²) < 4.78 is 32.1. The Labute approximate surface area is 148 Å². The summed E-state index contributed by atoms with van der Waals surface area (Å²) in [4.78, 5) is 23.9. The molecule has 1 atom stereocenters. The lowest BCUT2D eigenvalue weighted by Crippen LogP contribution is -2.38. The van der Waals surface area contributed by atoms with Gasteiger partial charge in [-0.2, -0.15) is 0 Å². The third-order valence-electron chi connectivity index (χ3n) is 3.83. The van der Waals surface area contributed by atoms with Gasteiger partial charge in [0.1, 0.15) is 23.0 Å². The topological polar surface area (TPSA) is 71.3 Å². The SMILES string of the molecule is CC(NC(=O)CNC(=O)c1ccc(F)cc1F)c1cc2ccccc2o1. The van der Waals surface area contributed by atoms with Gasteiger partial charge >= 0.3 is 0 Å². The van der Waals surface area contributed by atoms with Gasteiger partial charge in [-0.1, -0.05) is 18.2 Å². The van der Waals surface area contributed by atoms with Gasteiger partial charge in [-0.05, 0) is 31.2 Å². The van der Waals surface area contributed by atoms with E-state index in [0.717, 1.165) is 17.5 Å². The summed E-state index contributed by atoms with van der Waals surface area (Å²) in [6, 6.07) is 11.5. The van der Waals surface area contributed by atoms with Gasteiger partial charge in [0, 0.05) is 11.5 Å². The summed E-state index contributed by atoms with van der Waals surface area (Å²) in [5.74, 6) is -2.45. The first-order chi connectivity index (χ1) is 12.4. The summed E-state index contributed by atoms with van der Waals surface area (Å²) >= 11 is 0. The highest BCUT2D eigenvalue weighted by Gasteiger charge is 2.16. The van der Waals surface area contributed by atoms with Crippen LogP contribution in [-0.4, -0.2) is 18.4 Å². The molecule has 0 spiro atoms. The number of para-hydroxylation sites is 1. The second-order valence-corrected chi connectivity index (χ2v) is 5.78. The van der Waals surface area contributed by atoms with E-state index < -0.39 is 29.5 Å². The van der Waals surface area contributed by atoms with E-state index >= 15 is 0 Å². The van der Waals surface area contributed by atoms with Crippen molar-refractivity contribution in [1.82, 2.24) is 10.6 Å². The summed E-state index contributed by atoms with van der Waals surface area (Å²) in [5.41, 5.74) is 0.383. The lowest BCUT2D eigenvalue weighted by molar-refractivity contribution is -0.120. The van der Waals surface area contributed by atoms with Crippen molar-refractivity contribution in [2.75, 3.05) is 6.54 Å². The fraction of sp³-hybridized carbons (Fsp3) is 0.158. The number of carbonyl (C=O) groups is 2. The molecule has 0 saturated carbocycles. The van der Waals surface area contributed by atoms with Gasteiger partial charge in [-0.25, -0.2) is 8.78 Å². The number of amides is 2. The normalized spacial score (nSPS) is 12.0. The highest BCUT2D eigenvalue weighted by Crippen LogP contribution is 2.23. The summed E-state index contributed by atoms with van der Waals surface area (Å²) in [6.45, 7) is 1.40. The van der Waals surface area contributed by atoms with Crippen LogP contribution in [0.3, 0.4) is 0 Å². The van der Waals surface area contributed by atoms with Crippen LogP contribution in [0.4, 0.5) is 8.78 Å². The number of hydrogen-bond acceptors (Lipinski definition) is 3. The van der Waals surface area contributed by atoms with Crippen molar-refractivity contribution in [3.8, 4) is 0 Å². The molecular formula is C19H16F2N2O3. The van der Waals surface area contributed by atoms with E-state index in [9.17, 15) is 18.4 Å². The minimum Gasteiger partial charge on any atom is -0.459 e. The Morgan fingerprint density at radius 2 is 1.88 bits per heavy atom. The summed E-state index contributed by atoms with van der Waals surface area (Å²) in [5, 5.41) is 5.91. The van der Waals surface area contributed by atoms with Crippen LogP contribution >= 0.6 is 0 Å². The Morgan fingerprint density at radius 1 is 1.12 bits per heavy atom. The summed E-state index contributed by atoms with van der Waals surface area (Å²) in [7, 11) is 0. The van der Waals surface area contributed by atoms with Gasteiger partial charge in [0.15, 0.2) is 0 Å². The smallest absolute Gasteiger partial charge is 0.254 e. The lowest BCUT2D eigenvalue weighted by atomic mass is 10.2. The molecule has 0 fully saturated rings. The third kappa shape index (κ3) is 3.88. The fourth-order valence-electron chi connectivity index (χ4n) is 2.51. The molecule has 0 aliphatic carbocycles. The van der Waals surface area contributed by atoms with Crippen molar-refractivity contribution >= 4 is 22.8 Å². The van der Waals surface area contributed by atoms with Crippen molar-refractivity contribution in [2.45, 2.75) is 13.0 Å². The zero-order chi connectivity index (χ0) is 18.7. The predicted octanol–water partition coefficient (Wildman–Crippen LogP) is 3.32. The number of nitrogens with one attached hydrogen (secondary N) is 2. The van der Waals surface area contributed by atoms with Crippen LogP contribution in [0.15, 0.2) is 52.9 Å². The largest absolute Gasteiger partial charge is 0.459 e. The van der Waals surface area contributed by atoms with E-state index in [4.69, 9.17) is 4.42 Å². The second-order valence-electron chi connectivity index (χ2n) is 5.78. The van der Waals surface area contributed by atoms with E-state index in [-0.39, 0.29) is 12.1 Å². The van der Waals surface area contributed by atoms with E-state index in [1.807, 2.05) is 30.3 Å². The molecule has 0 bridgehead atoms. The molecule has 0 radical (unpaired) electrons. The second kappa shape index (κ2) is 7.35. The van der Waals surface area contributed by atoms with Crippen LogP contribution in [0, 0.1) is 11.6 Å². The molecule has 7 heteroatoms. The molecule has 2 aromatic carbocycles. The number of benzene rings is 2. The maximum absolute atomic E-state index is 13.5. The Balaban J connectivity index is 1.57. The maximum atomic E-state index is 13.5. The Hall–Kier alpha value is -3.22. The minimum absolute atomic E-state index is 0.329. The van der Waals surface area contributed by atoms with Gasteiger partial charge in [-0.15, -0.1) is 0 Å².